The monoisotopic (exact) mass is 269 g/mol. The van der Waals surface area contributed by atoms with Gasteiger partial charge in [0.1, 0.15) is 0 Å². The molecular weight excluding hydrogens is 238 g/mol. The van der Waals surface area contributed by atoms with Crippen molar-refractivity contribution in [2.24, 2.45) is 11.7 Å². The highest BCUT2D eigenvalue weighted by molar-refractivity contribution is 5.84. The quantitative estimate of drug-likeness (QED) is 0.562. The van der Waals surface area contributed by atoms with Crippen molar-refractivity contribution in [3.63, 3.8) is 0 Å². The summed E-state index contributed by atoms with van der Waals surface area (Å²) in [5.41, 5.74) is 4.95. The van der Waals surface area contributed by atoms with Crippen molar-refractivity contribution < 1.29 is 4.79 Å². The van der Waals surface area contributed by atoms with Gasteiger partial charge in [0, 0.05) is 6.54 Å². The van der Waals surface area contributed by atoms with Gasteiger partial charge in [-0.05, 0) is 64.6 Å². The average Bonchev–Trinajstić information content (AvgIpc) is 3.17. The molecule has 0 heterocycles. The number of nitrogens with zero attached hydrogens (tertiary/aromatic N) is 1. The molecule has 19 heavy (non-hydrogen) atoms. The van der Waals surface area contributed by atoms with Gasteiger partial charge in [0.15, 0.2) is 0 Å². The average molecular weight is 269 g/mol. The van der Waals surface area contributed by atoms with Crippen LogP contribution in [0.25, 0.3) is 0 Å². The zero-order valence-electron chi connectivity index (χ0n) is 12.9. The van der Waals surface area contributed by atoms with Crippen LogP contribution in [0.3, 0.4) is 0 Å². The van der Waals surface area contributed by atoms with Crippen molar-refractivity contribution in [1.82, 2.24) is 10.2 Å². The van der Waals surface area contributed by atoms with E-state index in [1.165, 1.54) is 19.4 Å². The third-order valence-corrected chi connectivity index (χ3v) is 4.17. The number of primary amides is 1. The fourth-order valence-electron chi connectivity index (χ4n) is 2.55. The molecule has 1 saturated carbocycles. The molecule has 1 fully saturated rings. The van der Waals surface area contributed by atoms with Crippen molar-refractivity contribution in [2.75, 3.05) is 26.2 Å². The molecule has 1 aliphatic carbocycles. The summed E-state index contributed by atoms with van der Waals surface area (Å²) in [6, 6.07) is 0. The molecule has 1 atom stereocenters. The number of hydrogen-bond donors (Lipinski definition) is 2. The van der Waals surface area contributed by atoms with Crippen LogP contribution in [0.2, 0.25) is 0 Å². The predicted molar refractivity (Wildman–Crippen MR) is 80.0 cm³/mol. The van der Waals surface area contributed by atoms with E-state index in [9.17, 15) is 4.79 Å². The highest BCUT2D eigenvalue weighted by Gasteiger charge is 2.29. The van der Waals surface area contributed by atoms with E-state index in [2.05, 4.69) is 17.1 Å². The maximum Gasteiger partial charge on any atom is 0.237 e. The lowest BCUT2D eigenvalue weighted by molar-refractivity contribution is -0.124. The minimum atomic E-state index is -0.539. The molecule has 1 rings (SSSR count). The second-order valence-electron chi connectivity index (χ2n) is 6.02. The highest BCUT2D eigenvalue weighted by atomic mass is 16.1. The van der Waals surface area contributed by atoms with E-state index >= 15 is 0 Å². The Bertz CT molecular complexity index is 279. The Labute approximate surface area is 118 Å². The van der Waals surface area contributed by atoms with Crippen LogP contribution in [0.4, 0.5) is 0 Å². The number of amides is 1. The molecule has 0 aliphatic heterocycles. The molecule has 1 unspecified atom stereocenters. The van der Waals surface area contributed by atoms with Gasteiger partial charge in [0.25, 0.3) is 0 Å². The van der Waals surface area contributed by atoms with E-state index < -0.39 is 5.54 Å². The zero-order chi connectivity index (χ0) is 14.3. The number of carbonyl (C=O) groups is 1. The fraction of sp³-hybridized carbons (Fsp3) is 0.933. The van der Waals surface area contributed by atoms with Gasteiger partial charge in [-0.3, -0.25) is 4.79 Å². The Morgan fingerprint density at radius 1 is 1.37 bits per heavy atom. The van der Waals surface area contributed by atoms with Gasteiger partial charge >= 0.3 is 0 Å². The van der Waals surface area contributed by atoms with Gasteiger partial charge in [-0.15, -0.1) is 0 Å². The second-order valence-corrected chi connectivity index (χ2v) is 6.02. The lowest BCUT2D eigenvalue weighted by atomic mass is 9.94. The predicted octanol–water partition coefficient (Wildman–Crippen LogP) is 1.74. The molecule has 1 amide bonds. The largest absolute Gasteiger partial charge is 0.368 e. The number of carbonyl (C=O) groups excluding carboxylic acids is 1. The van der Waals surface area contributed by atoms with Crippen LogP contribution in [-0.2, 0) is 4.79 Å². The van der Waals surface area contributed by atoms with E-state index in [-0.39, 0.29) is 5.91 Å². The van der Waals surface area contributed by atoms with Crippen LogP contribution in [0.1, 0.15) is 52.9 Å². The lowest BCUT2D eigenvalue weighted by Gasteiger charge is -2.27. The molecule has 0 saturated heterocycles. The summed E-state index contributed by atoms with van der Waals surface area (Å²) in [4.78, 5) is 14.0. The standard InChI is InChI=1S/C15H31N3O/c1-4-17-15(3,14(16)19)10-6-7-11-18(5-2)12-13-8-9-13/h13,17H,4-12H2,1-3H3,(H2,16,19). The molecule has 0 aromatic rings. The Morgan fingerprint density at radius 2 is 2.05 bits per heavy atom. The van der Waals surface area contributed by atoms with E-state index in [1.807, 2.05) is 13.8 Å². The highest BCUT2D eigenvalue weighted by Crippen LogP contribution is 2.29. The van der Waals surface area contributed by atoms with Crippen molar-refractivity contribution >= 4 is 5.91 Å². The fourth-order valence-corrected chi connectivity index (χ4v) is 2.55. The Balaban J connectivity index is 2.21. The number of nitrogens with two attached hydrogens (primary N) is 1. The smallest absolute Gasteiger partial charge is 0.237 e. The first-order valence-electron chi connectivity index (χ1n) is 7.79. The molecule has 0 radical (unpaired) electrons. The minimum Gasteiger partial charge on any atom is -0.368 e. The van der Waals surface area contributed by atoms with Crippen molar-refractivity contribution in [2.45, 2.75) is 58.4 Å². The van der Waals surface area contributed by atoms with Crippen molar-refractivity contribution in [3.8, 4) is 0 Å². The second kappa shape index (κ2) is 7.85. The molecule has 4 heteroatoms. The molecule has 112 valence electrons. The normalized spacial score (nSPS) is 18.5. The van der Waals surface area contributed by atoms with Crippen LogP contribution >= 0.6 is 0 Å². The first-order chi connectivity index (χ1) is 9.01. The first-order valence-corrected chi connectivity index (χ1v) is 7.79. The molecule has 0 aromatic carbocycles. The van der Waals surface area contributed by atoms with Gasteiger partial charge in [0.05, 0.1) is 5.54 Å². The third-order valence-electron chi connectivity index (χ3n) is 4.17. The Hall–Kier alpha value is -0.610. The number of unbranched alkanes of at least 4 members (excludes halogenated alkanes) is 1. The maximum atomic E-state index is 11.5. The summed E-state index contributed by atoms with van der Waals surface area (Å²) in [6.45, 7) is 10.5. The van der Waals surface area contributed by atoms with E-state index in [1.54, 1.807) is 0 Å². The molecule has 0 spiro atoms. The van der Waals surface area contributed by atoms with Gasteiger partial charge in [0.2, 0.25) is 5.91 Å². The molecule has 0 bridgehead atoms. The number of likely N-dealkylation sites (N-methyl/N-ethyl adjacent to an activating group) is 1. The molecule has 1 aliphatic rings. The number of hydrogen-bond acceptors (Lipinski definition) is 3. The Morgan fingerprint density at radius 3 is 2.53 bits per heavy atom. The van der Waals surface area contributed by atoms with E-state index in [0.29, 0.717) is 0 Å². The third kappa shape index (κ3) is 5.91. The first kappa shape index (κ1) is 16.4. The summed E-state index contributed by atoms with van der Waals surface area (Å²) in [5.74, 6) is 0.720. The van der Waals surface area contributed by atoms with Gasteiger partial charge in [-0.25, -0.2) is 0 Å². The molecule has 4 nitrogen and oxygen atoms in total. The van der Waals surface area contributed by atoms with Gasteiger partial charge in [-0.1, -0.05) is 13.8 Å². The minimum absolute atomic E-state index is 0.236. The molecular formula is C15H31N3O. The van der Waals surface area contributed by atoms with Crippen molar-refractivity contribution in [3.05, 3.63) is 0 Å². The number of rotatable bonds is 11. The summed E-state index contributed by atoms with van der Waals surface area (Å²) >= 11 is 0. The Kier molecular flexibility index (Phi) is 6.80. The van der Waals surface area contributed by atoms with Crippen LogP contribution in [0, 0.1) is 5.92 Å². The maximum absolute atomic E-state index is 11.5. The summed E-state index contributed by atoms with van der Waals surface area (Å²) < 4.78 is 0. The topological polar surface area (TPSA) is 58.4 Å². The molecule has 3 N–H and O–H groups in total. The molecule has 0 aromatic heterocycles. The van der Waals surface area contributed by atoms with Crippen LogP contribution in [0.15, 0.2) is 0 Å². The van der Waals surface area contributed by atoms with Crippen molar-refractivity contribution in [1.29, 1.82) is 0 Å². The van der Waals surface area contributed by atoms with Crippen LogP contribution in [0.5, 0.6) is 0 Å². The van der Waals surface area contributed by atoms with Crippen LogP contribution < -0.4 is 11.1 Å². The van der Waals surface area contributed by atoms with Gasteiger partial charge < -0.3 is 16.0 Å². The summed E-state index contributed by atoms with van der Waals surface area (Å²) in [6.07, 6.45) is 5.85. The van der Waals surface area contributed by atoms with E-state index in [0.717, 1.165) is 44.8 Å². The number of nitrogens with one attached hydrogen (secondary N) is 1. The lowest BCUT2D eigenvalue weighted by Crippen LogP contribution is -2.53. The van der Waals surface area contributed by atoms with E-state index in [4.69, 9.17) is 5.73 Å². The zero-order valence-corrected chi connectivity index (χ0v) is 12.9. The van der Waals surface area contributed by atoms with Gasteiger partial charge in [-0.2, -0.15) is 0 Å². The van der Waals surface area contributed by atoms with Crippen LogP contribution in [-0.4, -0.2) is 42.5 Å². The summed E-state index contributed by atoms with van der Waals surface area (Å²) in [7, 11) is 0. The SMILES string of the molecule is CCNC(C)(CCCCN(CC)CC1CC1)C(N)=O. The summed E-state index contributed by atoms with van der Waals surface area (Å²) in [5, 5.41) is 3.21.